The number of hydrazone groups is 1. The van der Waals surface area contributed by atoms with Crippen LogP contribution in [0.2, 0.25) is 5.02 Å². The molecule has 2 aromatic carbocycles. The van der Waals surface area contributed by atoms with Crippen LogP contribution in [0.5, 0.6) is 5.75 Å². The van der Waals surface area contributed by atoms with Crippen molar-refractivity contribution in [2.24, 2.45) is 5.10 Å². The number of alkyl halides is 3. The summed E-state index contributed by atoms with van der Waals surface area (Å²) in [4.78, 5) is 40.4. The van der Waals surface area contributed by atoms with Gasteiger partial charge in [-0.3, -0.25) is 19.3 Å². The van der Waals surface area contributed by atoms with E-state index < -0.39 is 55.3 Å². The number of benzene rings is 2. The lowest BCUT2D eigenvalue weighted by atomic mass is 10.0. The number of hydrogen-bond acceptors (Lipinski definition) is 8. The Morgan fingerprint density at radius 2 is 1.90 bits per heavy atom. The van der Waals surface area contributed by atoms with E-state index in [1.807, 2.05) is 6.07 Å². The van der Waals surface area contributed by atoms with E-state index in [-0.39, 0.29) is 17.4 Å². The molecule has 1 saturated heterocycles. The number of amides is 2. The van der Waals surface area contributed by atoms with E-state index in [0.29, 0.717) is 41.2 Å². The minimum Gasteiger partial charge on any atom is -0.454 e. The maximum Gasteiger partial charge on any atom is 0.390 e. The van der Waals surface area contributed by atoms with Crippen molar-refractivity contribution in [1.29, 1.82) is 0 Å². The van der Waals surface area contributed by atoms with Crippen LogP contribution in [0, 0.1) is 6.92 Å². The zero-order valence-corrected chi connectivity index (χ0v) is 28.6. The molecule has 2 aromatic rings. The lowest BCUT2D eigenvalue weighted by Gasteiger charge is -2.42. The Hall–Kier alpha value is -3.94. The number of aryl methyl sites for hydroxylation is 1. The van der Waals surface area contributed by atoms with Gasteiger partial charge < -0.3 is 25.5 Å². The summed E-state index contributed by atoms with van der Waals surface area (Å²) in [5, 5.41) is 19.1. The molecule has 1 heterocycles. The van der Waals surface area contributed by atoms with Crippen LogP contribution >= 0.6 is 11.6 Å². The second-order valence-electron chi connectivity index (χ2n) is 11.9. The molecule has 3 unspecified atom stereocenters. The van der Waals surface area contributed by atoms with Gasteiger partial charge >= 0.3 is 6.18 Å². The molecular weight excluding hydrogens is 651 g/mol. The second-order valence-corrected chi connectivity index (χ2v) is 12.3. The Balaban J connectivity index is 1.85. The van der Waals surface area contributed by atoms with Crippen molar-refractivity contribution in [3.05, 3.63) is 76.0 Å². The first-order chi connectivity index (χ1) is 22.6. The standard InChI is InChI=1S/C34H43ClF3N5O5/c1-20-16-26(10-13-31(20)48-28(19-44)17-21(2)41-39-6)32(46)40-22(3)33(47)43-29(11-12-30(43)25-8-7-9-27(35)18-25)23(4)42(24(5)45)15-14-34(36,37)38/h7-10,13,16-19,22-23,29-30,33,39,47H,11-12,14-15H2,1-6H3,(H,40,46)/b28-17+,41-21-/t22-,23+,29?,30?,33?/m1/s1. The number of aliphatic hydroxyl groups is 1. The summed E-state index contributed by atoms with van der Waals surface area (Å²) in [6, 6.07) is 9.33. The molecule has 0 saturated carbocycles. The van der Waals surface area contributed by atoms with Crippen LogP contribution < -0.4 is 15.5 Å². The molecule has 0 aliphatic carbocycles. The fraction of sp³-hybridized carbons (Fsp3) is 0.471. The third-order valence-electron chi connectivity index (χ3n) is 8.33. The Morgan fingerprint density at radius 1 is 1.19 bits per heavy atom. The van der Waals surface area contributed by atoms with Gasteiger partial charge in [-0.05, 0) is 82.0 Å². The number of aldehydes is 1. The number of nitrogens with one attached hydrogen (secondary N) is 2. The number of likely N-dealkylation sites (tertiary alicyclic amines) is 1. The van der Waals surface area contributed by atoms with E-state index in [1.165, 1.54) is 24.0 Å². The number of halogens is 4. The van der Waals surface area contributed by atoms with E-state index in [4.69, 9.17) is 16.3 Å². The Morgan fingerprint density at radius 3 is 2.48 bits per heavy atom. The lowest BCUT2D eigenvalue weighted by Crippen LogP contribution is -2.57. The highest BCUT2D eigenvalue weighted by atomic mass is 35.5. The van der Waals surface area contributed by atoms with Gasteiger partial charge in [0.25, 0.3) is 5.91 Å². The molecule has 1 aliphatic rings. The van der Waals surface area contributed by atoms with E-state index in [0.717, 1.165) is 5.56 Å². The van der Waals surface area contributed by atoms with Crippen LogP contribution in [0.25, 0.3) is 0 Å². The Kier molecular flexibility index (Phi) is 13.6. The first-order valence-electron chi connectivity index (χ1n) is 15.6. The summed E-state index contributed by atoms with van der Waals surface area (Å²) in [6.07, 6.45) is -3.86. The molecule has 0 spiro atoms. The lowest BCUT2D eigenvalue weighted by molar-refractivity contribution is -0.149. The predicted octanol–water partition coefficient (Wildman–Crippen LogP) is 5.54. The molecule has 48 heavy (non-hydrogen) atoms. The maximum atomic E-state index is 13.4. The molecule has 0 aromatic heterocycles. The quantitative estimate of drug-likeness (QED) is 0.0781. The Bertz CT molecular complexity index is 1520. The number of rotatable bonds is 14. The third-order valence-corrected chi connectivity index (χ3v) is 8.57. The highest BCUT2D eigenvalue weighted by Crippen LogP contribution is 2.41. The van der Waals surface area contributed by atoms with Crippen LogP contribution in [-0.2, 0) is 9.59 Å². The zero-order valence-electron chi connectivity index (χ0n) is 27.8. The van der Waals surface area contributed by atoms with Crippen LogP contribution in [0.1, 0.15) is 74.5 Å². The van der Waals surface area contributed by atoms with Crippen molar-refractivity contribution in [3.63, 3.8) is 0 Å². The number of carbonyl (C=O) groups is 3. The van der Waals surface area contributed by atoms with Gasteiger partial charge in [-0.15, -0.1) is 0 Å². The molecule has 1 aliphatic heterocycles. The van der Waals surface area contributed by atoms with E-state index in [1.54, 1.807) is 70.0 Å². The largest absolute Gasteiger partial charge is 0.454 e. The first kappa shape index (κ1) is 38.5. The summed E-state index contributed by atoms with van der Waals surface area (Å²) in [5.74, 6) is -0.616. The third kappa shape index (κ3) is 10.3. The van der Waals surface area contributed by atoms with Crippen molar-refractivity contribution in [2.75, 3.05) is 13.6 Å². The molecule has 0 radical (unpaired) electrons. The van der Waals surface area contributed by atoms with Crippen molar-refractivity contribution >= 4 is 35.4 Å². The molecule has 3 N–H and O–H groups in total. The topological polar surface area (TPSA) is 124 Å². The molecule has 262 valence electrons. The molecule has 10 nitrogen and oxygen atoms in total. The van der Waals surface area contributed by atoms with E-state index >= 15 is 0 Å². The normalized spacial score (nSPS) is 19.3. The summed E-state index contributed by atoms with van der Waals surface area (Å²) in [5.41, 5.74) is 4.78. The first-order valence-corrected chi connectivity index (χ1v) is 16.0. The van der Waals surface area contributed by atoms with Gasteiger partial charge in [0.05, 0.1) is 18.2 Å². The van der Waals surface area contributed by atoms with Gasteiger partial charge in [-0.25, -0.2) is 0 Å². The number of aliphatic hydroxyl groups excluding tert-OH is 1. The van der Waals surface area contributed by atoms with Gasteiger partial charge in [0.2, 0.25) is 5.91 Å². The van der Waals surface area contributed by atoms with Crippen molar-refractivity contribution in [1.82, 2.24) is 20.5 Å². The van der Waals surface area contributed by atoms with Crippen LogP contribution in [0.3, 0.4) is 0 Å². The average Bonchev–Trinajstić information content (AvgIpc) is 3.45. The molecule has 1 fully saturated rings. The van der Waals surface area contributed by atoms with E-state index in [9.17, 15) is 32.7 Å². The fourth-order valence-corrected chi connectivity index (χ4v) is 6.24. The number of hydrogen-bond donors (Lipinski definition) is 3. The smallest absolute Gasteiger partial charge is 0.390 e. The highest BCUT2D eigenvalue weighted by Gasteiger charge is 2.45. The van der Waals surface area contributed by atoms with Crippen molar-refractivity contribution in [2.45, 2.75) is 90.5 Å². The monoisotopic (exact) mass is 693 g/mol. The summed E-state index contributed by atoms with van der Waals surface area (Å²) in [7, 11) is 1.62. The molecular formula is C34H43ClF3N5O5. The minimum absolute atomic E-state index is 0.0222. The summed E-state index contributed by atoms with van der Waals surface area (Å²) in [6.45, 7) is 7.43. The van der Waals surface area contributed by atoms with Crippen LogP contribution in [0.15, 0.2) is 59.4 Å². The maximum absolute atomic E-state index is 13.4. The number of allylic oxidation sites excluding steroid dienone is 2. The average molecular weight is 694 g/mol. The van der Waals surface area contributed by atoms with Gasteiger partial charge in [-0.1, -0.05) is 23.7 Å². The number of ether oxygens (including phenoxy) is 1. The van der Waals surface area contributed by atoms with Crippen molar-refractivity contribution in [3.8, 4) is 5.75 Å². The molecule has 0 bridgehead atoms. The van der Waals surface area contributed by atoms with Gasteiger partial charge in [0.1, 0.15) is 12.0 Å². The van der Waals surface area contributed by atoms with Gasteiger partial charge in [-0.2, -0.15) is 18.3 Å². The number of carbonyl (C=O) groups excluding carboxylic acids is 3. The van der Waals surface area contributed by atoms with Crippen LogP contribution in [-0.4, -0.2) is 82.8 Å². The molecule has 5 atom stereocenters. The molecule has 2 amide bonds. The van der Waals surface area contributed by atoms with Crippen LogP contribution in [0.4, 0.5) is 13.2 Å². The van der Waals surface area contributed by atoms with Gasteiger partial charge in [0, 0.05) is 55.3 Å². The molecule has 14 heteroatoms. The Labute approximate surface area is 283 Å². The highest BCUT2D eigenvalue weighted by molar-refractivity contribution is 6.30. The minimum atomic E-state index is -4.44. The predicted molar refractivity (Wildman–Crippen MR) is 178 cm³/mol. The fourth-order valence-electron chi connectivity index (χ4n) is 6.04. The van der Waals surface area contributed by atoms with Crippen molar-refractivity contribution < 1.29 is 37.4 Å². The SMILES string of the molecule is CN/N=C(C)\C=C(/C=O)Oc1ccc(C(=O)N[C@H](C)C(O)N2C(c3cccc(Cl)c3)CCC2[C@H](C)N(CCC(F)(F)F)C(C)=O)cc1C. The zero-order chi connectivity index (χ0) is 35.8. The van der Waals surface area contributed by atoms with Gasteiger partial charge in [0.15, 0.2) is 12.0 Å². The second kappa shape index (κ2) is 16.9. The van der Waals surface area contributed by atoms with E-state index in [2.05, 4.69) is 15.8 Å². The number of nitrogens with zero attached hydrogens (tertiary/aromatic N) is 3. The summed E-state index contributed by atoms with van der Waals surface area (Å²) >= 11 is 6.28. The summed E-state index contributed by atoms with van der Waals surface area (Å²) < 4.78 is 45.1. The molecule has 3 rings (SSSR count).